The third kappa shape index (κ3) is 4.57. The molecule has 0 bridgehead atoms. The van der Waals surface area contributed by atoms with Gasteiger partial charge in [0.05, 0.1) is 5.56 Å². The normalized spacial score (nSPS) is 11.8. The maximum absolute atomic E-state index is 13.7. The monoisotopic (exact) mass is 363 g/mol. The molecule has 0 heterocycles. The fourth-order valence-electron chi connectivity index (χ4n) is 2.53. The molecule has 0 fully saturated rings. The molecule has 2 rings (SSSR count). The summed E-state index contributed by atoms with van der Waals surface area (Å²) in [5, 5.41) is 2.96. The summed E-state index contributed by atoms with van der Waals surface area (Å²) in [7, 11) is 0. The number of carbonyl (C=O) groups excluding carboxylic acids is 2. The van der Waals surface area contributed by atoms with E-state index < -0.39 is 23.8 Å². The van der Waals surface area contributed by atoms with Crippen LogP contribution in [-0.2, 0) is 9.53 Å². The number of anilines is 1. The van der Waals surface area contributed by atoms with Crippen molar-refractivity contribution in [3.05, 3.63) is 63.4 Å². The van der Waals surface area contributed by atoms with Crippen LogP contribution in [0.1, 0.15) is 34.0 Å². The highest BCUT2D eigenvalue weighted by atomic mass is 35.5. The fourth-order valence-corrected chi connectivity index (χ4v) is 2.71. The van der Waals surface area contributed by atoms with Crippen LogP contribution in [0.25, 0.3) is 0 Å². The van der Waals surface area contributed by atoms with Gasteiger partial charge in [0.2, 0.25) is 0 Å². The van der Waals surface area contributed by atoms with E-state index in [0.717, 1.165) is 28.8 Å². The molecule has 1 amide bonds. The van der Waals surface area contributed by atoms with Crippen molar-refractivity contribution in [2.75, 3.05) is 5.32 Å². The summed E-state index contributed by atoms with van der Waals surface area (Å²) in [6, 6.07) is 7.45. The van der Waals surface area contributed by atoms with Gasteiger partial charge in [-0.25, -0.2) is 9.18 Å². The number of rotatable bonds is 4. The number of hydrogen-bond donors (Lipinski definition) is 1. The van der Waals surface area contributed by atoms with Gasteiger partial charge in [-0.2, -0.15) is 0 Å². The predicted octanol–water partition coefficient (Wildman–Crippen LogP) is 4.59. The number of esters is 1. The van der Waals surface area contributed by atoms with Crippen molar-refractivity contribution in [2.45, 2.75) is 33.8 Å². The molecule has 0 unspecified atom stereocenters. The lowest BCUT2D eigenvalue weighted by atomic mass is 10.0. The van der Waals surface area contributed by atoms with E-state index in [4.69, 9.17) is 16.3 Å². The molecule has 0 aliphatic carbocycles. The minimum atomic E-state index is -1.09. The number of ether oxygens (including phenoxy) is 1. The van der Waals surface area contributed by atoms with Crippen LogP contribution in [0.5, 0.6) is 0 Å². The van der Waals surface area contributed by atoms with Gasteiger partial charge in [0, 0.05) is 10.7 Å². The molecule has 132 valence electrons. The Morgan fingerprint density at radius 2 is 1.72 bits per heavy atom. The molecule has 0 spiro atoms. The molecular formula is C19H19ClFNO3. The van der Waals surface area contributed by atoms with Gasteiger partial charge in [-0.05, 0) is 57.0 Å². The summed E-state index contributed by atoms with van der Waals surface area (Å²) in [5.41, 5.74) is 3.27. The molecule has 6 heteroatoms. The highest BCUT2D eigenvalue weighted by Crippen LogP contribution is 2.22. The minimum absolute atomic E-state index is 0.205. The summed E-state index contributed by atoms with van der Waals surface area (Å²) in [6.45, 7) is 7.16. The Balaban J connectivity index is 2.10. The number of benzene rings is 2. The second-order valence-electron chi connectivity index (χ2n) is 5.93. The maximum Gasteiger partial charge on any atom is 0.341 e. The third-order valence-electron chi connectivity index (χ3n) is 3.73. The van der Waals surface area contributed by atoms with Crippen molar-refractivity contribution in [1.29, 1.82) is 0 Å². The molecule has 0 saturated carbocycles. The summed E-state index contributed by atoms with van der Waals surface area (Å²) in [5.74, 6) is -2.20. The lowest BCUT2D eigenvalue weighted by Crippen LogP contribution is -2.30. The highest BCUT2D eigenvalue weighted by Gasteiger charge is 2.22. The summed E-state index contributed by atoms with van der Waals surface area (Å²) in [4.78, 5) is 24.4. The van der Waals surface area contributed by atoms with Crippen LogP contribution in [0.3, 0.4) is 0 Å². The first-order chi connectivity index (χ1) is 11.7. The Kier molecular flexibility index (Phi) is 5.80. The van der Waals surface area contributed by atoms with E-state index in [9.17, 15) is 14.0 Å². The number of carbonyl (C=O) groups is 2. The average molecular weight is 364 g/mol. The molecule has 25 heavy (non-hydrogen) atoms. The molecule has 2 aromatic rings. The van der Waals surface area contributed by atoms with Gasteiger partial charge in [-0.1, -0.05) is 29.3 Å². The largest absolute Gasteiger partial charge is 0.449 e. The Morgan fingerprint density at radius 1 is 1.12 bits per heavy atom. The second-order valence-corrected chi connectivity index (χ2v) is 6.37. The quantitative estimate of drug-likeness (QED) is 0.808. The molecule has 4 nitrogen and oxygen atoms in total. The summed E-state index contributed by atoms with van der Waals surface area (Å²) < 4.78 is 18.8. The van der Waals surface area contributed by atoms with E-state index in [0.29, 0.717) is 5.69 Å². The number of amides is 1. The summed E-state index contributed by atoms with van der Waals surface area (Å²) in [6.07, 6.45) is -1.09. The van der Waals surface area contributed by atoms with E-state index in [-0.39, 0.29) is 10.6 Å². The first-order valence-corrected chi connectivity index (χ1v) is 8.11. The van der Waals surface area contributed by atoms with Gasteiger partial charge in [0.1, 0.15) is 5.82 Å². The molecule has 0 aromatic heterocycles. The topological polar surface area (TPSA) is 55.4 Å². The number of halogens is 2. The SMILES string of the molecule is Cc1cc(C)c(NC(=O)[C@H](C)OC(=O)c2cc(Cl)ccc2F)c(C)c1. The lowest BCUT2D eigenvalue weighted by molar-refractivity contribution is -0.123. The van der Waals surface area contributed by atoms with Crippen molar-refractivity contribution in [2.24, 2.45) is 0 Å². The Labute approximate surface area is 150 Å². The van der Waals surface area contributed by atoms with Crippen LogP contribution in [0, 0.1) is 26.6 Å². The van der Waals surface area contributed by atoms with Gasteiger partial charge in [-0.3, -0.25) is 4.79 Å². The van der Waals surface area contributed by atoms with E-state index in [2.05, 4.69) is 5.32 Å². The van der Waals surface area contributed by atoms with Crippen LogP contribution < -0.4 is 5.32 Å². The first-order valence-electron chi connectivity index (χ1n) is 7.73. The summed E-state index contributed by atoms with van der Waals surface area (Å²) >= 11 is 5.76. The Bertz CT molecular complexity index is 812. The van der Waals surface area contributed by atoms with Crippen LogP contribution >= 0.6 is 11.6 Å². The molecule has 0 aliphatic heterocycles. The Hall–Kier alpha value is -2.40. The molecule has 0 aliphatic rings. The maximum atomic E-state index is 13.7. The van der Waals surface area contributed by atoms with Crippen molar-refractivity contribution in [3.63, 3.8) is 0 Å². The predicted molar refractivity (Wildman–Crippen MR) is 95.6 cm³/mol. The molecule has 0 saturated heterocycles. The van der Waals surface area contributed by atoms with Crippen LogP contribution in [0.15, 0.2) is 30.3 Å². The zero-order valence-corrected chi connectivity index (χ0v) is 15.2. The third-order valence-corrected chi connectivity index (χ3v) is 3.96. The standard InChI is InChI=1S/C19H19ClFNO3/c1-10-7-11(2)17(12(3)8-10)22-18(23)13(4)25-19(24)15-9-14(20)5-6-16(15)21/h5-9,13H,1-4H3,(H,22,23)/t13-/m0/s1. The van der Waals surface area contributed by atoms with Crippen molar-refractivity contribution < 1.29 is 18.7 Å². The molecule has 1 atom stereocenters. The zero-order chi connectivity index (χ0) is 18.7. The second kappa shape index (κ2) is 7.66. The molecule has 1 N–H and O–H groups in total. The highest BCUT2D eigenvalue weighted by molar-refractivity contribution is 6.30. The molecule has 2 aromatic carbocycles. The van der Waals surface area contributed by atoms with E-state index in [1.807, 2.05) is 32.9 Å². The fraction of sp³-hybridized carbons (Fsp3) is 0.263. The van der Waals surface area contributed by atoms with Gasteiger partial charge in [-0.15, -0.1) is 0 Å². The number of aryl methyl sites for hydroxylation is 3. The first kappa shape index (κ1) is 18.9. The van der Waals surface area contributed by atoms with Crippen LogP contribution in [0.2, 0.25) is 5.02 Å². The molecular weight excluding hydrogens is 345 g/mol. The zero-order valence-electron chi connectivity index (χ0n) is 14.4. The van der Waals surface area contributed by atoms with Crippen LogP contribution in [-0.4, -0.2) is 18.0 Å². The molecule has 0 radical (unpaired) electrons. The number of nitrogens with one attached hydrogen (secondary N) is 1. The van der Waals surface area contributed by atoms with Gasteiger partial charge >= 0.3 is 5.97 Å². The Morgan fingerprint density at radius 3 is 2.32 bits per heavy atom. The van der Waals surface area contributed by atoms with Crippen molar-refractivity contribution in [1.82, 2.24) is 0 Å². The van der Waals surface area contributed by atoms with Crippen LogP contribution in [0.4, 0.5) is 10.1 Å². The van der Waals surface area contributed by atoms with E-state index in [1.165, 1.54) is 13.0 Å². The number of hydrogen-bond acceptors (Lipinski definition) is 3. The lowest BCUT2D eigenvalue weighted by Gasteiger charge is -2.17. The van der Waals surface area contributed by atoms with Gasteiger partial charge in [0.25, 0.3) is 5.91 Å². The van der Waals surface area contributed by atoms with E-state index >= 15 is 0 Å². The van der Waals surface area contributed by atoms with E-state index in [1.54, 1.807) is 0 Å². The van der Waals surface area contributed by atoms with Crippen molar-refractivity contribution >= 4 is 29.2 Å². The average Bonchev–Trinajstić information content (AvgIpc) is 2.52. The van der Waals surface area contributed by atoms with Crippen molar-refractivity contribution in [3.8, 4) is 0 Å². The van der Waals surface area contributed by atoms with Gasteiger partial charge < -0.3 is 10.1 Å². The van der Waals surface area contributed by atoms with Gasteiger partial charge in [0.15, 0.2) is 6.10 Å². The smallest absolute Gasteiger partial charge is 0.341 e. The minimum Gasteiger partial charge on any atom is -0.449 e.